The van der Waals surface area contributed by atoms with Crippen molar-refractivity contribution in [2.24, 2.45) is 5.92 Å². The first-order valence-electron chi connectivity index (χ1n) is 8.77. The SMILES string of the molecule is COc1ccc([N+](=O)[O-])cc1NC(=O)COC(=O)c1csc2c1CCC(C)C2. The topological polar surface area (TPSA) is 108 Å². The van der Waals surface area contributed by atoms with Crippen LogP contribution in [-0.4, -0.2) is 30.5 Å². The van der Waals surface area contributed by atoms with E-state index in [1.165, 1.54) is 30.2 Å². The second kappa shape index (κ2) is 8.39. The highest BCUT2D eigenvalue weighted by Crippen LogP contribution is 2.33. The first-order valence-corrected chi connectivity index (χ1v) is 9.65. The summed E-state index contributed by atoms with van der Waals surface area (Å²) in [6.07, 6.45) is 2.82. The summed E-state index contributed by atoms with van der Waals surface area (Å²) in [5, 5.41) is 15.2. The maximum atomic E-state index is 12.4. The number of amides is 1. The van der Waals surface area contributed by atoms with Gasteiger partial charge in [-0.3, -0.25) is 14.9 Å². The maximum absolute atomic E-state index is 12.4. The van der Waals surface area contributed by atoms with Gasteiger partial charge in [0.05, 0.1) is 23.3 Å². The van der Waals surface area contributed by atoms with Gasteiger partial charge in [-0.1, -0.05) is 6.92 Å². The minimum absolute atomic E-state index is 0.139. The lowest BCUT2D eigenvalue weighted by Crippen LogP contribution is -2.22. The van der Waals surface area contributed by atoms with E-state index in [0.29, 0.717) is 11.5 Å². The molecule has 0 radical (unpaired) electrons. The molecule has 1 unspecified atom stereocenters. The van der Waals surface area contributed by atoms with Crippen molar-refractivity contribution in [1.82, 2.24) is 0 Å². The molecule has 1 heterocycles. The van der Waals surface area contributed by atoms with Gasteiger partial charge in [-0.25, -0.2) is 4.79 Å². The lowest BCUT2D eigenvalue weighted by Gasteiger charge is -2.18. The zero-order valence-electron chi connectivity index (χ0n) is 15.5. The van der Waals surface area contributed by atoms with Gasteiger partial charge in [0.2, 0.25) is 0 Å². The zero-order chi connectivity index (χ0) is 20.3. The minimum Gasteiger partial charge on any atom is -0.495 e. The number of thiophene rings is 1. The van der Waals surface area contributed by atoms with Crippen LogP contribution in [0.4, 0.5) is 11.4 Å². The van der Waals surface area contributed by atoms with E-state index in [9.17, 15) is 19.7 Å². The van der Waals surface area contributed by atoms with Gasteiger partial charge in [-0.2, -0.15) is 0 Å². The normalized spacial score (nSPS) is 15.4. The molecule has 148 valence electrons. The van der Waals surface area contributed by atoms with E-state index in [0.717, 1.165) is 24.8 Å². The number of carbonyl (C=O) groups excluding carboxylic acids is 2. The van der Waals surface area contributed by atoms with Crippen LogP contribution in [0, 0.1) is 16.0 Å². The molecule has 9 heteroatoms. The van der Waals surface area contributed by atoms with Gasteiger partial charge in [0.15, 0.2) is 6.61 Å². The number of methoxy groups -OCH3 is 1. The summed E-state index contributed by atoms with van der Waals surface area (Å²) >= 11 is 1.55. The summed E-state index contributed by atoms with van der Waals surface area (Å²) in [7, 11) is 1.39. The van der Waals surface area contributed by atoms with Gasteiger partial charge in [0.1, 0.15) is 5.75 Å². The van der Waals surface area contributed by atoms with Gasteiger partial charge in [0.25, 0.3) is 11.6 Å². The second-order valence-corrected chi connectivity index (χ2v) is 7.63. The molecule has 1 aromatic heterocycles. The Hall–Kier alpha value is -2.94. The third-order valence-corrected chi connectivity index (χ3v) is 5.68. The van der Waals surface area contributed by atoms with E-state index >= 15 is 0 Å². The molecule has 0 aliphatic heterocycles. The molecule has 1 aromatic carbocycles. The van der Waals surface area contributed by atoms with Crippen LogP contribution in [-0.2, 0) is 22.4 Å². The summed E-state index contributed by atoms with van der Waals surface area (Å²) in [5.41, 5.74) is 1.49. The molecule has 8 nitrogen and oxygen atoms in total. The first kappa shape index (κ1) is 19.8. The number of ether oxygens (including phenoxy) is 2. The number of nitrogens with one attached hydrogen (secondary N) is 1. The fourth-order valence-corrected chi connectivity index (χ4v) is 4.38. The lowest BCUT2D eigenvalue weighted by atomic mass is 9.88. The molecule has 28 heavy (non-hydrogen) atoms. The van der Waals surface area contributed by atoms with Crippen molar-refractivity contribution in [3.63, 3.8) is 0 Å². The van der Waals surface area contributed by atoms with Crippen molar-refractivity contribution in [3.8, 4) is 5.75 Å². The predicted octanol–water partition coefficient (Wildman–Crippen LogP) is 3.59. The van der Waals surface area contributed by atoms with Gasteiger partial charge >= 0.3 is 5.97 Å². The molecule has 0 saturated heterocycles. The van der Waals surface area contributed by atoms with E-state index in [-0.39, 0.29) is 17.1 Å². The molecule has 0 saturated carbocycles. The maximum Gasteiger partial charge on any atom is 0.339 e. The Kier molecular flexibility index (Phi) is 5.93. The smallest absolute Gasteiger partial charge is 0.339 e. The second-order valence-electron chi connectivity index (χ2n) is 6.67. The molecule has 2 aromatic rings. The number of non-ortho nitro benzene ring substituents is 1. The van der Waals surface area contributed by atoms with Crippen LogP contribution >= 0.6 is 11.3 Å². The number of fused-ring (bicyclic) bond motifs is 1. The molecule has 1 atom stereocenters. The molecular weight excluding hydrogens is 384 g/mol. The molecule has 0 spiro atoms. The highest BCUT2D eigenvalue weighted by atomic mass is 32.1. The zero-order valence-corrected chi connectivity index (χ0v) is 16.3. The Morgan fingerprint density at radius 3 is 2.89 bits per heavy atom. The highest BCUT2D eigenvalue weighted by Gasteiger charge is 2.24. The average Bonchev–Trinajstić information content (AvgIpc) is 3.09. The number of benzene rings is 1. The number of carbonyl (C=O) groups is 2. The summed E-state index contributed by atoms with van der Waals surface area (Å²) in [6.45, 7) is 1.69. The Bertz CT molecular complexity index is 923. The molecule has 0 bridgehead atoms. The largest absolute Gasteiger partial charge is 0.495 e. The molecular formula is C19H20N2O6S. The molecule has 3 rings (SSSR count). The van der Waals surface area contributed by atoms with E-state index in [4.69, 9.17) is 9.47 Å². The fourth-order valence-electron chi connectivity index (χ4n) is 3.15. The lowest BCUT2D eigenvalue weighted by molar-refractivity contribution is -0.384. The average molecular weight is 404 g/mol. The van der Waals surface area contributed by atoms with Crippen LogP contribution in [0.5, 0.6) is 5.75 Å². The number of nitro groups is 1. The molecule has 0 fully saturated rings. The number of nitro benzene ring substituents is 1. The number of anilines is 1. The van der Waals surface area contributed by atoms with Crippen molar-refractivity contribution in [2.75, 3.05) is 19.0 Å². The Morgan fingerprint density at radius 1 is 1.39 bits per heavy atom. The summed E-state index contributed by atoms with van der Waals surface area (Å²) in [6, 6.07) is 3.85. The number of hydrogen-bond acceptors (Lipinski definition) is 7. The quantitative estimate of drug-likeness (QED) is 0.448. The minimum atomic E-state index is -0.607. The number of hydrogen-bond donors (Lipinski definition) is 1. The first-order chi connectivity index (χ1) is 13.4. The molecule has 1 N–H and O–H groups in total. The van der Waals surface area contributed by atoms with E-state index in [1.54, 1.807) is 16.7 Å². The van der Waals surface area contributed by atoms with E-state index < -0.39 is 23.4 Å². The van der Waals surface area contributed by atoms with Crippen LogP contribution < -0.4 is 10.1 Å². The van der Waals surface area contributed by atoms with Gasteiger partial charge in [-0.15, -0.1) is 11.3 Å². The number of nitrogens with zero attached hydrogens (tertiary/aromatic N) is 1. The third-order valence-electron chi connectivity index (χ3n) is 4.62. The van der Waals surface area contributed by atoms with Crippen molar-refractivity contribution in [3.05, 3.63) is 49.7 Å². The van der Waals surface area contributed by atoms with Crippen molar-refractivity contribution in [2.45, 2.75) is 26.2 Å². The molecule has 1 amide bonds. The van der Waals surface area contributed by atoms with Crippen LogP contribution in [0.3, 0.4) is 0 Å². The van der Waals surface area contributed by atoms with Gasteiger partial charge < -0.3 is 14.8 Å². The molecule has 1 aliphatic rings. The van der Waals surface area contributed by atoms with Crippen molar-refractivity contribution in [1.29, 1.82) is 0 Å². The summed E-state index contributed by atoms with van der Waals surface area (Å²) in [4.78, 5) is 36.1. The van der Waals surface area contributed by atoms with Crippen LogP contribution in [0.2, 0.25) is 0 Å². The number of rotatable bonds is 6. The monoisotopic (exact) mass is 404 g/mol. The fraction of sp³-hybridized carbons (Fsp3) is 0.368. The van der Waals surface area contributed by atoms with Crippen LogP contribution in [0.1, 0.15) is 34.1 Å². The predicted molar refractivity (Wildman–Crippen MR) is 104 cm³/mol. The summed E-state index contributed by atoms with van der Waals surface area (Å²) in [5.74, 6) is -0.268. The van der Waals surface area contributed by atoms with Crippen LogP contribution in [0.25, 0.3) is 0 Å². The van der Waals surface area contributed by atoms with Crippen LogP contribution in [0.15, 0.2) is 23.6 Å². The Morgan fingerprint density at radius 2 is 2.18 bits per heavy atom. The molecule has 1 aliphatic carbocycles. The van der Waals surface area contributed by atoms with Gasteiger partial charge in [0, 0.05) is 22.4 Å². The standard InChI is InChI=1S/C19H20N2O6S/c1-11-3-5-13-14(10-28-17(13)7-11)19(23)27-9-18(22)20-15-8-12(21(24)25)4-6-16(15)26-2/h4,6,8,10-11H,3,5,7,9H2,1-2H3,(H,20,22). The highest BCUT2D eigenvalue weighted by molar-refractivity contribution is 7.10. The van der Waals surface area contributed by atoms with Gasteiger partial charge in [-0.05, 0) is 36.8 Å². The Balaban J connectivity index is 1.63. The van der Waals surface area contributed by atoms with Crippen molar-refractivity contribution < 1.29 is 24.0 Å². The Labute approximate surface area is 165 Å². The van der Waals surface area contributed by atoms with E-state index in [2.05, 4.69) is 12.2 Å². The van der Waals surface area contributed by atoms with Crippen molar-refractivity contribution >= 4 is 34.6 Å². The van der Waals surface area contributed by atoms with E-state index in [1.807, 2.05) is 0 Å². The number of esters is 1. The third kappa shape index (κ3) is 4.30. The summed E-state index contributed by atoms with van der Waals surface area (Å²) < 4.78 is 10.2.